The molecule has 6 aliphatic heterocycles. The Balaban J connectivity index is 0.000000293. The highest BCUT2D eigenvalue weighted by Gasteiger charge is 2.44. The third-order valence-corrected chi connectivity index (χ3v) is 15.3. The number of nitriles is 2. The van der Waals surface area contributed by atoms with Gasteiger partial charge >= 0.3 is 13.4 Å². The zero-order chi connectivity index (χ0) is 47.4. The molecule has 18 nitrogen and oxygen atoms in total. The maximum atomic E-state index is 11.8. The van der Waals surface area contributed by atoms with Gasteiger partial charge in [-0.1, -0.05) is 21.3 Å². The summed E-state index contributed by atoms with van der Waals surface area (Å²) < 4.78 is 62.4. The summed E-state index contributed by atoms with van der Waals surface area (Å²) in [6, 6.07) is 2.49. The van der Waals surface area contributed by atoms with Gasteiger partial charge in [-0.2, -0.15) is 10.5 Å². The van der Waals surface area contributed by atoms with Crippen LogP contribution in [0.3, 0.4) is 0 Å². The van der Waals surface area contributed by atoms with Crippen molar-refractivity contribution in [2.45, 2.75) is 153 Å². The first-order valence-corrected chi connectivity index (χ1v) is 26.4. The van der Waals surface area contributed by atoms with Crippen LogP contribution in [0, 0.1) is 28.6 Å². The number of ether oxygens (including phenoxy) is 6. The highest BCUT2D eigenvalue weighted by molar-refractivity contribution is 8.07. The number of amides is 2. The van der Waals surface area contributed by atoms with E-state index in [-0.39, 0.29) is 82.2 Å². The Bertz CT molecular complexity index is 1770. The average molecular weight is 980 g/mol. The van der Waals surface area contributed by atoms with Crippen LogP contribution in [0.25, 0.3) is 0 Å². The van der Waals surface area contributed by atoms with Gasteiger partial charge in [0.1, 0.15) is 49.7 Å². The third kappa shape index (κ3) is 17.6. The molecule has 6 heterocycles. The molecule has 26 heteroatoms. The van der Waals surface area contributed by atoms with Crippen molar-refractivity contribution in [1.29, 1.82) is 10.5 Å². The smallest absolute Gasteiger partial charge is 0.328 e. The van der Waals surface area contributed by atoms with Crippen LogP contribution in [0.2, 0.25) is 0 Å². The number of carbonyl (C=O) groups excluding carboxylic acids is 2. The minimum atomic E-state index is -3.41. The molecule has 0 bridgehead atoms. The first kappa shape index (κ1) is 58.1. The van der Waals surface area contributed by atoms with Crippen molar-refractivity contribution >= 4 is 80.3 Å². The number of likely N-dealkylation sites (tertiary alicyclic amines) is 1. The van der Waals surface area contributed by atoms with E-state index in [1.54, 1.807) is 30.1 Å². The number of rotatable bonds is 16. The molecule has 8 radical (unpaired) electrons. The molecule has 0 saturated carbocycles. The van der Waals surface area contributed by atoms with E-state index in [0.717, 1.165) is 6.42 Å². The largest absolute Gasteiger partial charge is 0.382 e. The van der Waals surface area contributed by atoms with Crippen LogP contribution in [0.1, 0.15) is 73.6 Å². The van der Waals surface area contributed by atoms with Gasteiger partial charge in [0.2, 0.25) is 11.8 Å². The lowest BCUT2D eigenvalue weighted by Crippen LogP contribution is -2.31. The molecule has 1 N–H and O–H groups in total. The van der Waals surface area contributed by atoms with Gasteiger partial charge in [-0.25, -0.2) is 0 Å². The number of methoxy groups -OCH3 is 2. The fraction of sp³-hybridized carbons (Fsp3) is 0.846. The third-order valence-electron chi connectivity index (χ3n) is 11.3. The van der Waals surface area contributed by atoms with E-state index in [1.165, 1.54) is 13.8 Å². The predicted molar refractivity (Wildman–Crippen MR) is 250 cm³/mol. The minimum absolute atomic E-state index is 0. The molecule has 356 valence electrons. The summed E-state index contributed by atoms with van der Waals surface area (Å²) in [5, 5.41) is 18.0. The Morgan fingerprint density at radius 1 is 0.738 bits per heavy atom. The van der Waals surface area contributed by atoms with Crippen LogP contribution in [0.4, 0.5) is 0 Å². The molecule has 6 aliphatic rings. The van der Waals surface area contributed by atoms with Crippen molar-refractivity contribution in [2.75, 3.05) is 53.6 Å². The monoisotopic (exact) mass is 980 g/mol. The van der Waals surface area contributed by atoms with Crippen LogP contribution in [-0.4, -0.2) is 190 Å². The lowest BCUT2D eigenvalue weighted by Gasteiger charge is -2.31. The molecule has 0 aliphatic carbocycles. The van der Waals surface area contributed by atoms with Crippen LogP contribution in [0.5, 0.6) is 0 Å². The predicted octanol–water partition coefficient (Wildman–Crippen LogP) is 2.52. The standard InChI is InChI=1S/C19H29B2N2O7PS.C12H21B2O6PS.C7H8N2O.CH4/c1-4-13-15(6-19(21)27-13)29-31(32,26-10-17-14(25-3)5-18(20)28-17)30-16-9-23(11(2)24)8-12(16)7-22;1-3-7-9(5-12(14)18-7)20-21(15,22)17-6-10-8(16-2)4-11(13)19-10;1-6(10)9-3-2-7(4-8)5-9;/h12-19H,4-6,8-10H2,1-3H3;7-12H,3-6H2,1-2H3,(H,15,22);2H,3,5H2,1H3;1H4/t12-,13-,14?,15?,16+,17-,18-,19-,31?;7-,8?,9?,10-,11-,12-,21?;;/m11../s1. The van der Waals surface area contributed by atoms with Gasteiger partial charge in [-0.3, -0.25) is 9.59 Å². The molecule has 0 aromatic heterocycles. The SMILES string of the molecule is C.CC(=O)N1CC=C(C#N)C1.[B][C@H]1CC(OC)[C@@H](COP(=S)(OC2C[C@H]([B])O[C@@H]2CC)O[C@H]2CN(C(C)=O)C[C@H]2C#N)O1.[B][C@H]1CC(OC)[C@@H](COP(O)(=S)OC2C[C@H]([B])O[C@@H]2CC)O1. The molecule has 0 aromatic carbocycles. The zero-order valence-corrected chi connectivity index (χ0v) is 40.6. The topological polar surface area (TPSA) is 210 Å². The van der Waals surface area contributed by atoms with Gasteiger partial charge in [0.15, 0.2) is 0 Å². The molecule has 5 fully saturated rings. The number of hydrogen-bond donors (Lipinski definition) is 1. The van der Waals surface area contributed by atoms with Gasteiger partial charge in [-0.05, 0) is 68.2 Å². The van der Waals surface area contributed by atoms with E-state index in [9.17, 15) is 19.7 Å². The molecule has 6 unspecified atom stereocenters. The lowest BCUT2D eigenvalue weighted by molar-refractivity contribution is -0.128. The van der Waals surface area contributed by atoms with E-state index in [0.29, 0.717) is 50.8 Å². The van der Waals surface area contributed by atoms with E-state index >= 15 is 0 Å². The second-order valence-corrected chi connectivity index (χ2v) is 21.7. The average Bonchev–Trinajstić information content (AvgIpc) is 4.11. The van der Waals surface area contributed by atoms with Gasteiger partial charge in [0, 0.05) is 77.3 Å². The van der Waals surface area contributed by atoms with Gasteiger partial charge in [0.25, 0.3) is 0 Å². The quantitative estimate of drug-likeness (QED) is 0.174. The fourth-order valence-electron chi connectivity index (χ4n) is 7.81. The van der Waals surface area contributed by atoms with Gasteiger partial charge in [-0.15, -0.1) is 0 Å². The number of carbonyl (C=O) groups is 2. The van der Waals surface area contributed by atoms with Crippen molar-refractivity contribution in [1.82, 2.24) is 9.80 Å². The minimum Gasteiger partial charge on any atom is -0.382 e. The molecular formula is C39H62B4N4O14P2S2. The summed E-state index contributed by atoms with van der Waals surface area (Å²) in [5.41, 5.74) is 0.690. The van der Waals surface area contributed by atoms with Gasteiger partial charge < -0.3 is 65.7 Å². The second kappa shape index (κ2) is 27.2. The molecule has 16 atom stereocenters. The van der Waals surface area contributed by atoms with Crippen LogP contribution >= 0.6 is 13.4 Å². The summed E-state index contributed by atoms with van der Waals surface area (Å²) in [5.74, 6) is -0.647. The van der Waals surface area contributed by atoms with Crippen LogP contribution in [-0.2, 0) is 84.2 Å². The molecular weight excluding hydrogens is 918 g/mol. The summed E-state index contributed by atoms with van der Waals surface area (Å²) in [6.45, 7) is 1.82. The van der Waals surface area contributed by atoms with E-state index < -0.39 is 61.7 Å². The summed E-state index contributed by atoms with van der Waals surface area (Å²) in [4.78, 5) is 35.9. The Morgan fingerprint density at radius 3 is 1.60 bits per heavy atom. The Hall–Kier alpha value is -1.26. The van der Waals surface area contributed by atoms with E-state index in [4.69, 9.17) is 111 Å². The van der Waals surface area contributed by atoms with E-state index in [1.807, 2.05) is 19.9 Å². The van der Waals surface area contributed by atoms with Crippen molar-refractivity contribution in [3.8, 4) is 12.1 Å². The Morgan fingerprint density at radius 2 is 1.18 bits per heavy atom. The molecule has 0 aromatic rings. The highest BCUT2D eigenvalue weighted by Crippen LogP contribution is 2.55. The van der Waals surface area contributed by atoms with Gasteiger partial charge in [0.05, 0.1) is 74.4 Å². The van der Waals surface area contributed by atoms with E-state index in [2.05, 4.69) is 6.07 Å². The molecule has 0 spiro atoms. The fourth-order valence-corrected chi connectivity index (χ4v) is 11.7. The second-order valence-electron chi connectivity index (χ2n) is 16.0. The molecule has 2 amide bonds. The van der Waals surface area contributed by atoms with Crippen molar-refractivity contribution in [2.24, 2.45) is 5.92 Å². The normalized spacial score (nSPS) is 35.9. The number of hydrogen-bond acceptors (Lipinski definition) is 17. The van der Waals surface area contributed by atoms with Crippen LogP contribution in [0.15, 0.2) is 11.6 Å². The Labute approximate surface area is 400 Å². The first-order chi connectivity index (χ1) is 30.3. The molecule has 6 rings (SSSR count). The zero-order valence-electron chi connectivity index (χ0n) is 37.2. The van der Waals surface area contributed by atoms with Crippen molar-refractivity contribution in [3.05, 3.63) is 11.6 Å². The summed E-state index contributed by atoms with van der Waals surface area (Å²) in [6.07, 6.45) is 2.16. The Kier molecular flexibility index (Phi) is 24.3. The maximum absolute atomic E-state index is 11.8. The molecule has 5 saturated heterocycles. The lowest BCUT2D eigenvalue weighted by atomic mass is 9.96. The van der Waals surface area contributed by atoms with Crippen molar-refractivity contribution in [3.63, 3.8) is 0 Å². The summed E-state index contributed by atoms with van der Waals surface area (Å²) in [7, 11) is 26.4. The molecule has 65 heavy (non-hydrogen) atoms. The maximum Gasteiger partial charge on any atom is 0.328 e. The highest BCUT2D eigenvalue weighted by atomic mass is 32.5. The first-order valence-electron chi connectivity index (χ1n) is 21.2. The van der Waals surface area contributed by atoms with Crippen molar-refractivity contribution < 1.29 is 65.5 Å². The van der Waals surface area contributed by atoms with Crippen LogP contribution < -0.4 is 0 Å². The summed E-state index contributed by atoms with van der Waals surface area (Å²) >= 11 is 10.8. The number of nitrogens with zero attached hydrogens (tertiary/aromatic N) is 4.